The van der Waals surface area contributed by atoms with Crippen molar-refractivity contribution in [3.05, 3.63) is 12.7 Å². The molecule has 0 saturated heterocycles. The number of hydrogen-bond donors (Lipinski definition) is 0. The smallest absolute Gasteiger partial charge is 0.748 e. The molecule has 0 N–H and O–H groups in total. The van der Waals surface area contributed by atoms with Gasteiger partial charge < -0.3 is 9.29 Å². The first-order chi connectivity index (χ1) is 12.9. The van der Waals surface area contributed by atoms with Crippen LogP contribution in [-0.2, 0) is 19.6 Å². The van der Waals surface area contributed by atoms with Gasteiger partial charge in [0.2, 0.25) is 0 Å². The summed E-state index contributed by atoms with van der Waals surface area (Å²) in [6.45, 7) is 7.50. The minimum Gasteiger partial charge on any atom is -0.748 e. The minimum atomic E-state index is -3.91. The Hall–Kier alpha value is 0.120. The number of esters is 1. The Morgan fingerprint density at radius 3 is 1.43 bits per heavy atom. The molecule has 0 unspecified atom stereocenters. The van der Waals surface area contributed by atoms with Crippen molar-refractivity contribution in [1.29, 1.82) is 0 Å². The molecule has 5 nitrogen and oxygen atoms in total. The monoisotopic (exact) mass is 428 g/mol. The average molecular weight is 429 g/mol. The minimum absolute atomic E-state index is 0. The quantitative estimate of drug-likeness (QED) is 0.117. The van der Waals surface area contributed by atoms with E-state index < -0.39 is 10.1 Å². The first-order valence-electron chi connectivity index (χ1n) is 10.6. The molecular formula is C21H41NaO5S. The zero-order valence-electron chi connectivity index (χ0n) is 18.5. The molecule has 28 heavy (non-hydrogen) atoms. The van der Waals surface area contributed by atoms with Crippen LogP contribution in [0.4, 0.5) is 0 Å². The zero-order valence-corrected chi connectivity index (χ0v) is 21.4. The van der Waals surface area contributed by atoms with E-state index in [-0.39, 0.29) is 41.3 Å². The van der Waals surface area contributed by atoms with E-state index in [1.807, 2.05) is 0 Å². The van der Waals surface area contributed by atoms with Crippen LogP contribution in [0.1, 0.15) is 104 Å². The number of carbonyl (C=O) groups excluding carboxylic acids is 1. The predicted octanol–water partition coefficient (Wildman–Crippen LogP) is 2.75. The fraction of sp³-hybridized carbons (Fsp3) is 0.857. The molecule has 0 heterocycles. The van der Waals surface area contributed by atoms with Crippen LogP contribution in [0, 0.1) is 0 Å². The Morgan fingerprint density at radius 2 is 1.14 bits per heavy atom. The normalized spacial score (nSPS) is 10.4. The molecule has 0 aliphatic rings. The Balaban J connectivity index is -0.000000771. The summed E-state index contributed by atoms with van der Waals surface area (Å²) in [5.74, 6) is -0.614. The van der Waals surface area contributed by atoms with Crippen molar-refractivity contribution in [3.8, 4) is 0 Å². The Morgan fingerprint density at radius 1 is 0.821 bits per heavy atom. The van der Waals surface area contributed by atoms with Gasteiger partial charge >= 0.3 is 35.5 Å². The molecule has 0 rings (SSSR count). The molecule has 0 atom stereocenters. The van der Waals surface area contributed by atoms with Crippen LogP contribution in [0.25, 0.3) is 0 Å². The van der Waals surface area contributed by atoms with Gasteiger partial charge in [0.05, 0.1) is 16.7 Å². The number of carbonyl (C=O) groups is 1. The third kappa shape index (κ3) is 33.7. The van der Waals surface area contributed by atoms with Gasteiger partial charge in [-0.1, -0.05) is 104 Å². The maximum atomic E-state index is 10.8. The van der Waals surface area contributed by atoms with Crippen LogP contribution < -0.4 is 29.6 Å². The van der Waals surface area contributed by atoms with E-state index in [1.54, 1.807) is 0 Å². The van der Waals surface area contributed by atoms with E-state index >= 15 is 0 Å². The fourth-order valence-electron chi connectivity index (χ4n) is 2.53. The molecule has 7 heteroatoms. The Labute approximate surface area is 196 Å². The molecule has 0 bridgehead atoms. The van der Waals surface area contributed by atoms with Crippen molar-refractivity contribution < 1.29 is 52.1 Å². The van der Waals surface area contributed by atoms with Gasteiger partial charge in [0.15, 0.2) is 0 Å². The summed E-state index contributed by atoms with van der Waals surface area (Å²) in [6, 6.07) is 0. The summed E-state index contributed by atoms with van der Waals surface area (Å²) in [4.78, 5) is 10.8. The van der Waals surface area contributed by atoms with E-state index in [0.29, 0.717) is 6.61 Å². The summed E-state index contributed by atoms with van der Waals surface area (Å²) in [6.07, 6.45) is 20.0. The third-order valence-corrected chi connectivity index (χ3v) is 4.97. The van der Waals surface area contributed by atoms with Gasteiger partial charge in [-0.15, -0.1) is 0 Å². The van der Waals surface area contributed by atoms with Crippen LogP contribution >= 0.6 is 0 Å². The summed E-state index contributed by atoms with van der Waals surface area (Å²) in [5, 5.41) is 0. The van der Waals surface area contributed by atoms with Gasteiger partial charge in [0, 0.05) is 11.8 Å². The van der Waals surface area contributed by atoms with Crippen molar-refractivity contribution in [3.63, 3.8) is 0 Å². The third-order valence-electron chi connectivity index (χ3n) is 4.26. The maximum Gasteiger partial charge on any atom is 1.00 e. The average Bonchev–Trinajstić information content (AvgIpc) is 2.64. The molecule has 0 amide bonds. The van der Waals surface area contributed by atoms with Gasteiger partial charge in [-0.2, -0.15) is 0 Å². The fourth-order valence-corrected chi connectivity index (χ4v) is 2.53. The van der Waals surface area contributed by atoms with Crippen molar-refractivity contribution >= 4 is 16.1 Å². The van der Waals surface area contributed by atoms with Crippen LogP contribution in [0.2, 0.25) is 0 Å². The van der Waals surface area contributed by atoms with E-state index in [0.717, 1.165) is 6.42 Å². The van der Waals surface area contributed by atoms with Crippen LogP contribution in [0.15, 0.2) is 12.7 Å². The number of unbranched alkanes of at least 4 members (excludes halogenated alkanes) is 13. The van der Waals surface area contributed by atoms with Crippen molar-refractivity contribution in [2.75, 3.05) is 12.4 Å². The molecule has 0 saturated carbocycles. The first-order valence-corrected chi connectivity index (χ1v) is 12.2. The van der Waals surface area contributed by atoms with E-state index in [2.05, 4.69) is 13.5 Å². The first kappa shape index (κ1) is 32.8. The maximum absolute atomic E-state index is 10.8. The van der Waals surface area contributed by atoms with E-state index in [4.69, 9.17) is 4.74 Å². The zero-order chi connectivity index (χ0) is 20.8. The Kier molecular flexibility index (Phi) is 29.4. The molecule has 0 aromatic rings. The largest absolute Gasteiger partial charge is 1.00 e. The van der Waals surface area contributed by atoms with Gasteiger partial charge in [-0.05, 0) is 6.42 Å². The SMILES string of the molecule is C=CC(=O)OCCCCCCCCCCCCCCCC.CCS(=O)(=O)[O-].[Na+]. The molecule has 0 fully saturated rings. The molecule has 0 aliphatic heterocycles. The Bertz CT molecular complexity index is 438. The molecular weight excluding hydrogens is 387 g/mol. The predicted molar refractivity (Wildman–Crippen MR) is 112 cm³/mol. The summed E-state index contributed by atoms with van der Waals surface area (Å²) in [7, 11) is -3.91. The van der Waals surface area contributed by atoms with Crippen LogP contribution in [0.5, 0.6) is 0 Å². The van der Waals surface area contributed by atoms with Gasteiger partial charge in [0.1, 0.15) is 0 Å². The van der Waals surface area contributed by atoms with Crippen LogP contribution in [0.3, 0.4) is 0 Å². The second kappa shape index (κ2) is 25.2. The molecule has 0 radical (unpaired) electrons. The van der Waals surface area contributed by atoms with Gasteiger partial charge in [-0.3, -0.25) is 0 Å². The second-order valence-corrected chi connectivity index (χ2v) is 8.51. The topological polar surface area (TPSA) is 83.5 Å². The number of hydrogen-bond acceptors (Lipinski definition) is 5. The van der Waals surface area contributed by atoms with Crippen LogP contribution in [-0.4, -0.2) is 31.3 Å². The number of ether oxygens (including phenoxy) is 1. The van der Waals surface area contributed by atoms with Gasteiger partial charge in [0.25, 0.3) is 0 Å². The number of rotatable bonds is 17. The molecule has 0 aromatic carbocycles. The summed E-state index contributed by atoms with van der Waals surface area (Å²) in [5.41, 5.74) is 0. The van der Waals surface area contributed by atoms with Crippen molar-refractivity contribution in [2.24, 2.45) is 0 Å². The standard InChI is InChI=1S/C19H36O2.C2H6O3S.Na/c1-3-5-6-7-8-9-10-11-12-13-14-15-16-17-18-21-19(20)4-2;1-2-6(3,4)5;/h4H,2-3,5-18H2,1H3;2H2,1H3,(H,3,4,5);/q;;+1/p-1. The van der Waals surface area contributed by atoms with E-state index in [1.165, 1.54) is 96.5 Å². The van der Waals surface area contributed by atoms with Crippen molar-refractivity contribution in [2.45, 2.75) is 104 Å². The molecule has 162 valence electrons. The molecule has 0 spiro atoms. The molecule has 0 aliphatic carbocycles. The summed E-state index contributed by atoms with van der Waals surface area (Å²) >= 11 is 0. The second-order valence-electron chi connectivity index (χ2n) is 6.81. The van der Waals surface area contributed by atoms with Gasteiger partial charge in [-0.25, -0.2) is 13.2 Å². The summed E-state index contributed by atoms with van der Waals surface area (Å²) < 4.78 is 33.3. The van der Waals surface area contributed by atoms with E-state index in [9.17, 15) is 17.8 Å². The van der Waals surface area contributed by atoms with Crippen molar-refractivity contribution in [1.82, 2.24) is 0 Å². The molecule has 0 aromatic heterocycles.